The molecule has 0 radical (unpaired) electrons. The fourth-order valence-corrected chi connectivity index (χ4v) is 8.45. The predicted octanol–water partition coefficient (Wildman–Crippen LogP) is 3.55. The van der Waals surface area contributed by atoms with Gasteiger partial charge in [0.25, 0.3) is 0 Å². The molecule has 7 nitrogen and oxygen atoms in total. The fourth-order valence-electron chi connectivity index (χ4n) is 7.96. The van der Waals surface area contributed by atoms with E-state index in [1.807, 2.05) is 26.8 Å². The van der Waals surface area contributed by atoms with Crippen molar-refractivity contribution < 1.29 is 33.8 Å². The molecule has 1 N–H and O–H groups in total. The van der Waals surface area contributed by atoms with Gasteiger partial charge in [-0.25, -0.2) is 0 Å². The third kappa shape index (κ3) is 3.72. The van der Waals surface area contributed by atoms with Gasteiger partial charge in [0.2, 0.25) is 5.78 Å². The Labute approximate surface area is 211 Å². The molecule has 3 saturated carbocycles. The molecule has 3 fully saturated rings. The summed E-state index contributed by atoms with van der Waals surface area (Å²) in [5.41, 5.74) is -2.05. The van der Waals surface area contributed by atoms with E-state index < -0.39 is 46.9 Å². The minimum Gasteiger partial charge on any atom is -0.458 e. The number of aliphatic hydroxyl groups is 1. The van der Waals surface area contributed by atoms with Gasteiger partial charge in [0.1, 0.15) is 0 Å². The molecule has 192 valence electrons. The summed E-state index contributed by atoms with van der Waals surface area (Å²) in [5.74, 6) is -2.55. The highest BCUT2D eigenvalue weighted by molar-refractivity contribution is 6.21. The van der Waals surface area contributed by atoms with E-state index in [0.717, 1.165) is 5.57 Å². The first-order valence-corrected chi connectivity index (χ1v) is 12.9. The first-order valence-electron chi connectivity index (χ1n) is 12.5. The molecule has 0 saturated heterocycles. The molecule has 4 rings (SSSR count). The van der Waals surface area contributed by atoms with Crippen molar-refractivity contribution in [3.8, 4) is 0 Å². The topological polar surface area (TPSA) is 107 Å². The minimum atomic E-state index is -1.54. The molecule has 0 aromatic carbocycles. The third-order valence-corrected chi connectivity index (χ3v) is 9.85. The number of rotatable bonds is 5. The molecular weight excluding hydrogens is 472 g/mol. The number of esters is 2. The lowest BCUT2D eigenvalue weighted by atomic mass is 9.46. The van der Waals surface area contributed by atoms with Crippen LogP contribution in [0.15, 0.2) is 23.8 Å². The normalized spacial score (nSPS) is 44.0. The van der Waals surface area contributed by atoms with Gasteiger partial charge in [-0.3, -0.25) is 19.2 Å². The van der Waals surface area contributed by atoms with Gasteiger partial charge in [0.05, 0.1) is 6.10 Å². The van der Waals surface area contributed by atoms with Crippen molar-refractivity contribution in [2.24, 2.45) is 34.5 Å². The van der Waals surface area contributed by atoms with Gasteiger partial charge in [-0.2, -0.15) is 0 Å². The molecular formula is C27H35ClO7. The van der Waals surface area contributed by atoms with Crippen molar-refractivity contribution in [2.45, 2.75) is 77.4 Å². The second-order valence-electron chi connectivity index (χ2n) is 11.2. The highest BCUT2D eigenvalue weighted by Gasteiger charge is 2.73. The summed E-state index contributed by atoms with van der Waals surface area (Å²) in [4.78, 5) is 50.0. The Bertz CT molecular complexity index is 1020. The molecule has 0 aromatic heterocycles. The predicted molar refractivity (Wildman–Crippen MR) is 128 cm³/mol. The Morgan fingerprint density at radius 1 is 1.26 bits per heavy atom. The number of hydrogen-bond acceptors (Lipinski definition) is 7. The first-order chi connectivity index (χ1) is 16.3. The van der Waals surface area contributed by atoms with Crippen LogP contribution in [-0.4, -0.2) is 52.3 Å². The first kappa shape index (κ1) is 26.1. The number of ketones is 2. The van der Waals surface area contributed by atoms with E-state index in [0.29, 0.717) is 12.8 Å². The SMILES string of the molecule is CCC(=O)O[C@]1(C(=O)COC(C)=O)[C@H](C)CC2C3C(C(O)C[C@@]21C)[C@@]1(C)C=CC(=O)C=C1C[C@H]3Cl. The van der Waals surface area contributed by atoms with E-state index in [-0.39, 0.29) is 47.7 Å². The molecule has 0 aromatic rings. The minimum absolute atomic E-state index is 0.0778. The zero-order valence-corrected chi connectivity index (χ0v) is 21.8. The van der Waals surface area contributed by atoms with E-state index in [1.165, 1.54) is 6.92 Å². The average Bonchev–Trinajstić information content (AvgIpc) is 2.99. The van der Waals surface area contributed by atoms with Crippen LogP contribution in [0.4, 0.5) is 0 Å². The standard InChI is InChI=1S/C27H35ClO7/c1-6-22(33)35-27(21(32)13-34-15(3)29)14(2)9-18-23-19(28)11-16-10-17(30)7-8-25(16,4)24(23)20(31)12-26(18,27)5/h7-8,10,14,18-20,23-24,31H,6,9,11-13H2,1-5H3/t14-,18?,19-,20?,23?,24?,25+,26+,27+/m1/s1. The van der Waals surface area contributed by atoms with Crippen molar-refractivity contribution >= 4 is 35.1 Å². The largest absolute Gasteiger partial charge is 0.458 e. The van der Waals surface area contributed by atoms with Crippen molar-refractivity contribution in [1.29, 1.82) is 0 Å². The number of ether oxygens (including phenoxy) is 2. The van der Waals surface area contributed by atoms with Crippen molar-refractivity contribution in [3.05, 3.63) is 23.8 Å². The van der Waals surface area contributed by atoms with Crippen LogP contribution >= 0.6 is 11.6 Å². The van der Waals surface area contributed by atoms with Crippen LogP contribution < -0.4 is 0 Å². The lowest BCUT2D eigenvalue weighted by Gasteiger charge is -2.61. The van der Waals surface area contributed by atoms with Crippen molar-refractivity contribution in [2.75, 3.05) is 6.61 Å². The average molecular weight is 507 g/mol. The second kappa shape index (κ2) is 8.84. The smallest absolute Gasteiger partial charge is 0.306 e. The molecule has 0 bridgehead atoms. The van der Waals surface area contributed by atoms with Gasteiger partial charge in [-0.1, -0.05) is 39.3 Å². The molecule has 4 unspecified atom stereocenters. The quantitative estimate of drug-likeness (QED) is 0.448. The molecule has 0 spiro atoms. The number of halogens is 1. The maximum absolute atomic E-state index is 13.7. The summed E-state index contributed by atoms with van der Waals surface area (Å²) in [6, 6.07) is 0. The molecule has 4 aliphatic rings. The van der Waals surface area contributed by atoms with Gasteiger partial charge in [0.15, 0.2) is 18.0 Å². The van der Waals surface area contributed by atoms with E-state index in [1.54, 1.807) is 19.1 Å². The fraction of sp³-hybridized carbons (Fsp3) is 0.704. The summed E-state index contributed by atoms with van der Waals surface area (Å²) >= 11 is 7.02. The van der Waals surface area contributed by atoms with Gasteiger partial charge in [-0.15, -0.1) is 11.6 Å². The van der Waals surface area contributed by atoms with E-state index in [9.17, 15) is 24.3 Å². The van der Waals surface area contributed by atoms with Crippen molar-refractivity contribution in [1.82, 2.24) is 0 Å². The summed E-state index contributed by atoms with van der Waals surface area (Å²) in [5, 5.41) is 11.3. The number of carbonyl (C=O) groups excluding carboxylic acids is 4. The van der Waals surface area contributed by atoms with Crippen LogP contribution in [0, 0.1) is 34.5 Å². The number of Topliss-reactive ketones (excluding diaryl/α,β-unsaturated/α-hetero) is 1. The molecule has 0 aliphatic heterocycles. The van der Waals surface area contributed by atoms with Gasteiger partial charge < -0.3 is 14.6 Å². The van der Waals surface area contributed by atoms with Gasteiger partial charge in [-0.05, 0) is 43.3 Å². The number of allylic oxidation sites excluding steroid dienone is 4. The summed E-state index contributed by atoms with van der Waals surface area (Å²) in [7, 11) is 0. The lowest BCUT2D eigenvalue weighted by Crippen LogP contribution is -2.65. The molecule has 35 heavy (non-hydrogen) atoms. The molecule has 8 heteroatoms. The van der Waals surface area contributed by atoms with Gasteiger partial charge in [0, 0.05) is 41.4 Å². The van der Waals surface area contributed by atoms with Crippen LogP contribution in [0.25, 0.3) is 0 Å². The third-order valence-electron chi connectivity index (χ3n) is 9.41. The summed E-state index contributed by atoms with van der Waals surface area (Å²) < 4.78 is 11.1. The molecule has 4 aliphatic carbocycles. The Kier molecular flexibility index (Phi) is 6.59. The maximum atomic E-state index is 13.7. The second-order valence-corrected chi connectivity index (χ2v) is 11.8. The molecule has 9 atom stereocenters. The Hall–Kier alpha value is -1.99. The van der Waals surface area contributed by atoms with Gasteiger partial charge >= 0.3 is 11.9 Å². The zero-order chi connectivity index (χ0) is 25.9. The zero-order valence-electron chi connectivity index (χ0n) is 21.0. The lowest BCUT2D eigenvalue weighted by molar-refractivity contribution is -0.205. The van der Waals surface area contributed by atoms with Crippen LogP contribution in [0.5, 0.6) is 0 Å². The Balaban J connectivity index is 1.81. The van der Waals surface area contributed by atoms with Crippen LogP contribution in [-0.2, 0) is 28.7 Å². The number of fused-ring (bicyclic) bond motifs is 5. The number of carbonyl (C=O) groups is 4. The van der Waals surface area contributed by atoms with Crippen LogP contribution in [0.3, 0.4) is 0 Å². The summed E-state index contributed by atoms with van der Waals surface area (Å²) in [6.45, 7) is 8.24. The molecule has 0 amide bonds. The number of aliphatic hydroxyl groups excluding tert-OH is 1. The van der Waals surface area contributed by atoms with Crippen LogP contribution in [0.1, 0.15) is 60.3 Å². The summed E-state index contributed by atoms with van der Waals surface area (Å²) in [6.07, 6.45) is 5.64. The highest BCUT2D eigenvalue weighted by Crippen LogP contribution is 2.69. The Morgan fingerprint density at radius 3 is 2.57 bits per heavy atom. The maximum Gasteiger partial charge on any atom is 0.306 e. The number of hydrogen-bond donors (Lipinski definition) is 1. The Morgan fingerprint density at radius 2 is 1.94 bits per heavy atom. The van der Waals surface area contributed by atoms with E-state index in [4.69, 9.17) is 21.1 Å². The highest BCUT2D eigenvalue weighted by atomic mass is 35.5. The molecule has 0 heterocycles. The number of alkyl halides is 1. The monoisotopic (exact) mass is 506 g/mol. The van der Waals surface area contributed by atoms with E-state index >= 15 is 0 Å². The van der Waals surface area contributed by atoms with E-state index in [2.05, 4.69) is 0 Å². The van der Waals surface area contributed by atoms with Crippen LogP contribution in [0.2, 0.25) is 0 Å². The van der Waals surface area contributed by atoms with Crippen molar-refractivity contribution in [3.63, 3.8) is 0 Å².